The molecule has 1 aromatic rings. The first-order valence-corrected chi connectivity index (χ1v) is 5.35. The molecule has 0 saturated heterocycles. The normalized spacial score (nSPS) is 20.0. The highest BCUT2D eigenvalue weighted by Gasteiger charge is 2.28. The minimum atomic E-state index is -0.975. The lowest BCUT2D eigenvalue weighted by atomic mass is 9.94. The minimum absolute atomic E-state index is 0.227. The summed E-state index contributed by atoms with van der Waals surface area (Å²) in [6, 6.07) is 4.92. The zero-order valence-corrected chi connectivity index (χ0v) is 9.44. The molecule has 1 aliphatic rings. The molecule has 78 valence electrons. The molecule has 1 aliphatic carbocycles. The van der Waals surface area contributed by atoms with Gasteiger partial charge in [0, 0.05) is 10.4 Å². The van der Waals surface area contributed by atoms with E-state index in [0.29, 0.717) is 0 Å². The van der Waals surface area contributed by atoms with Gasteiger partial charge in [0.1, 0.15) is 6.04 Å². The SMILES string of the molecule is N[C@H](C(=O)O)[C@@H]1C=Cc2ccc(Br)cc21. The summed E-state index contributed by atoms with van der Waals surface area (Å²) in [4.78, 5) is 10.8. The van der Waals surface area contributed by atoms with Gasteiger partial charge in [-0.1, -0.05) is 34.1 Å². The molecule has 0 fully saturated rings. The lowest BCUT2D eigenvalue weighted by Gasteiger charge is -2.15. The second-order valence-electron chi connectivity index (χ2n) is 3.52. The fourth-order valence-corrected chi connectivity index (χ4v) is 2.14. The zero-order valence-electron chi connectivity index (χ0n) is 7.85. The Morgan fingerprint density at radius 1 is 1.53 bits per heavy atom. The van der Waals surface area contributed by atoms with Crippen LogP contribution in [0.4, 0.5) is 0 Å². The van der Waals surface area contributed by atoms with Crippen LogP contribution in [0.2, 0.25) is 0 Å². The van der Waals surface area contributed by atoms with Crippen LogP contribution in [0.25, 0.3) is 6.08 Å². The standard InChI is InChI=1S/C11H10BrNO2/c12-7-3-1-6-2-4-8(9(6)5-7)10(13)11(14)15/h1-5,8,10H,13H2,(H,14,15)/t8-,10+/m1/s1. The van der Waals surface area contributed by atoms with Crippen LogP contribution >= 0.6 is 15.9 Å². The van der Waals surface area contributed by atoms with Crippen LogP contribution in [0, 0.1) is 0 Å². The molecule has 3 nitrogen and oxygen atoms in total. The van der Waals surface area contributed by atoms with E-state index in [2.05, 4.69) is 15.9 Å². The molecule has 0 unspecified atom stereocenters. The molecular formula is C11H10BrNO2. The largest absolute Gasteiger partial charge is 0.480 e. The molecule has 1 aromatic carbocycles. The van der Waals surface area contributed by atoms with Crippen LogP contribution in [0.1, 0.15) is 17.0 Å². The van der Waals surface area contributed by atoms with Gasteiger partial charge in [-0.15, -0.1) is 0 Å². The Morgan fingerprint density at radius 2 is 2.27 bits per heavy atom. The highest BCUT2D eigenvalue weighted by Crippen LogP contribution is 2.33. The number of carboxylic acids is 1. The van der Waals surface area contributed by atoms with Gasteiger partial charge in [-0.3, -0.25) is 4.79 Å². The number of rotatable bonds is 2. The number of carboxylic acid groups (broad SMARTS) is 1. The summed E-state index contributed by atoms with van der Waals surface area (Å²) in [6.45, 7) is 0. The molecule has 2 atom stereocenters. The van der Waals surface area contributed by atoms with Crippen molar-refractivity contribution in [3.63, 3.8) is 0 Å². The molecule has 0 saturated carbocycles. The van der Waals surface area contributed by atoms with E-state index in [-0.39, 0.29) is 5.92 Å². The Morgan fingerprint density at radius 3 is 2.93 bits per heavy atom. The quantitative estimate of drug-likeness (QED) is 0.861. The zero-order chi connectivity index (χ0) is 11.0. The summed E-state index contributed by atoms with van der Waals surface area (Å²) in [5.74, 6) is -1.20. The number of benzene rings is 1. The first-order chi connectivity index (χ1) is 7.09. The van der Waals surface area contributed by atoms with E-state index in [1.165, 1.54) is 0 Å². The van der Waals surface area contributed by atoms with E-state index in [1.54, 1.807) is 0 Å². The molecular weight excluding hydrogens is 258 g/mol. The molecule has 15 heavy (non-hydrogen) atoms. The molecule has 4 heteroatoms. The van der Waals surface area contributed by atoms with Crippen LogP contribution in [0.15, 0.2) is 28.7 Å². The van der Waals surface area contributed by atoms with Gasteiger partial charge in [0.15, 0.2) is 0 Å². The third kappa shape index (κ3) is 1.82. The highest BCUT2D eigenvalue weighted by atomic mass is 79.9. The summed E-state index contributed by atoms with van der Waals surface area (Å²) in [6.07, 6.45) is 3.76. The van der Waals surface area contributed by atoms with Gasteiger partial charge >= 0.3 is 5.97 Å². The van der Waals surface area contributed by atoms with Gasteiger partial charge in [0.25, 0.3) is 0 Å². The summed E-state index contributed by atoms with van der Waals surface area (Å²) >= 11 is 3.36. The first-order valence-electron chi connectivity index (χ1n) is 4.55. The number of hydrogen-bond acceptors (Lipinski definition) is 2. The first kappa shape index (κ1) is 10.4. The van der Waals surface area contributed by atoms with Gasteiger partial charge in [0.05, 0.1) is 0 Å². The third-order valence-corrected chi connectivity index (χ3v) is 3.06. The van der Waals surface area contributed by atoms with E-state index >= 15 is 0 Å². The molecule has 0 spiro atoms. The third-order valence-electron chi connectivity index (χ3n) is 2.56. The van der Waals surface area contributed by atoms with E-state index in [1.807, 2.05) is 30.4 Å². The maximum atomic E-state index is 10.8. The van der Waals surface area contributed by atoms with Crippen molar-refractivity contribution in [1.29, 1.82) is 0 Å². The van der Waals surface area contributed by atoms with Gasteiger partial charge in [-0.05, 0) is 23.3 Å². The van der Waals surface area contributed by atoms with Gasteiger partial charge in [0.2, 0.25) is 0 Å². The Kier molecular flexibility index (Phi) is 2.63. The van der Waals surface area contributed by atoms with Crippen molar-refractivity contribution in [3.8, 4) is 0 Å². The number of carbonyl (C=O) groups is 1. The van der Waals surface area contributed by atoms with Crippen molar-refractivity contribution in [3.05, 3.63) is 39.9 Å². The van der Waals surface area contributed by atoms with Crippen molar-refractivity contribution < 1.29 is 9.90 Å². The van der Waals surface area contributed by atoms with E-state index in [4.69, 9.17) is 10.8 Å². The van der Waals surface area contributed by atoms with Crippen molar-refractivity contribution >= 4 is 28.0 Å². The average molecular weight is 268 g/mol. The molecule has 0 heterocycles. The van der Waals surface area contributed by atoms with Crippen LogP contribution in [-0.4, -0.2) is 17.1 Å². The van der Waals surface area contributed by atoms with Gasteiger partial charge < -0.3 is 10.8 Å². The van der Waals surface area contributed by atoms with Crippen molar-refractivity contribution in [2.75, 3.05) is 0 Å². The molecule has 0 radical (unpaired) electrons. The molecule has 0 aromatic heterocycles. The maximum Gasteiger partial charge on any atom is 0.321 e. The van der Waals surface area contributed by atoms with Gasteiger partial charge in [-0.25, -0.2) is 0 Å². The molecule has 0 bridgehead atoms. The number of halogens is 1. The number of aliphatic carboxylic acids is 1. The highest BCUT2D eigenvalue weighted by molar-refractivity contribution is 9.10. The number of nitrogens with two attached hydrogens (primary N) is 1. The number of fused-ring (bicyclic) bond motifs is 1. The molecule has 0 amide bonds. The number of hydrogen-bond donors (Lipinski definition) is 2. The maximum absolute atomic E-state index is 10.8. The van der Waals surface area contributed by atoms with Crippen LogP contribution < -0.4 is 5.73 Å². The van der Waals surface area contributed by atoms with E-state index in [9.17, 15) is 4.79 Å². The molecule has 2 rings (SSSR count). The van der Waals surface area contributed by atoms with Crippen molar-refractivity contribution in [2.45, 2.75) is 12.0 Å². The second kappa shape index (κ2) is 3.79. The Balaban J connectivity index is 2.39. The Bertz CT molecular complexity index is 442. The molecule has 0 aliphatic heterocycles. The fourth-order valence-electron chi connectivity index (χ4n) is 1.76. The van der Waals surface area contributed by atoms with Crippen molar-refractivity contribution in [2.24, 2.45) is 5.73 Å². The topological polar surface area (TPSA) is 63.3 Å². The lowest BCUT2D eigenvalue weighted by molar-refractivity contribution is -0.138. The van der Waals surface area contributed by atoms with E-state index < -0.39 is 12.0 Å². The van der Waals surface area contributed by atoms with Crippen LogP contribution in [0.5, 0.6) is 0 Å². The summed E-state index contributed by atoms with van der Waals surface area (Å²) in [7, 11) is 0. The van der Waals surface area contributed by atoms with Crippen LogP contribution in [-0.2, 0) is 4.79 Å². The second-order valence-corrected chi connectivity index (χ2v) is 4.44. The summed E-state index contributed by atoms with van der Waals surface area (Å²) in [5.41, 5.74) is 7.63. The molecule has 3 N–H and O–H groups in total. The Hall–Kier alpha value is -1.13. The summed E-state index contributed by atoms with van der Waals surface area (Å²) in [5, 5.41) is 8.87. The Labute approximate surface area is 95.7 Å². The van der Waals surface area contributed by atoms with Crippen molar-refractivity contribution in [1.82, 2.24) is 0 Å². The minimum Gasteiger partial charge on any atom is -0.480 e. The monoisotopic (exact) mass is 267 g/mol. The van der Waals surface area contributed by atoms with E-state index in [0.717, 1.165) is 15.6 Å². The van der Waals surface area contributed by atoms with Crippen LogP contribution in [0.3, 0.4) is 0 Å². The lowest BCUT2D eigenvalue weighted by Crippen LogP contribution is -2.35. The average Bonchev–Trinajstić information content (AvgIpc) is 2.59. The predicted octanol–water partition coefficient (Wildman–Crippen LogP) is 1.97. The smallest absolute Gasteiger partial charge is 0.321 e. The summed E-state index contributed by atoms with van der Waals surface area (Å²) < 4.78 is 0.938. The predicted molar refractivity (Wildman–Crippen MR) is 61.5 cm³/mol. The fraction of sp³-hybridized carbons (Fsp3) is 0.182. The van der Waals surface area contributed by atoms with Gasteiger partial charge in [-0.2, -0.15) is 0 Å².